The molecule has 1 aromatic carbocycles. The highest BCUT2D eigenvalue weighted by Gasteiger charge is 2.31. The molecule has 2 aliphatic rings. The standard InChI is InChI=1S/C17H25N3O/c1-2-18-17(21)19-11-13-7-8-20(12-13)16-9-14-5-3-4-6-15(14)10-16/h3-6,13,16H,2,7-12H2,1H3,(H2,18,19,21). The Morgan fingerprint density at radius 3 is 2.62 bits per heavy atom. The largest absolute Gasteiger partial charge is 0.338 e. The van der Waals surface area contributed by atoms with Gasteiger partial charge in [-0.25, -0.2) is 4.79 Å². The quantitative estimate of drug-likeness (QED) is 0.887. The zero-order valence-corrected chi connectivity index (χ0v) is 12.8. The second-order valence-electron chi connectivity index (χ2n) is 6.22. The van der Waals surface area contributed by atoms with Crippen LogP contribution < -0.4 is 10.6 Å². The average Bonchev–Trinajstić information content (AvgIpc) is 3.11. The van der Waals surface area contributed by atoms with Gasteiger partial charge >= 0.3 is 6.03 Å². The summed E-state index contributed by atoms with van der Waals surface area (Å²) >= 11 is 0. The van der Waals surface area contributed by atoms with Gasteiger partial charge in [-0.15, -0.1) is 0 Å². The zero-order valence-electron chi connectivity index (χ0n) is 12.8. The number of rotatable bonds is 4. The summed E-state index contributed by atoms with van der Waals surface area (Å²) in [4.78, 5) is 14.1. The van der Waals surface area contributed by atoms with E-state index in [-0.39, 0.29) is 6.03 Å². The predicted octanol–water partition coefficient (Wildman–Crippen LogP) is 1.79. The fourth-order valence-electron chi connectivity index (χ4n) is 3.61. The summed E-state index contributed by atoms with van der Waals surface area (Å²) in [6.07, 6.45) is 3.57. The van der Waals surface area contributed by atoms with Gasteiger partial charge < -0.3 is 10.6 Å². The van der Waals surface area contributed by atoms with Crippen LogP contribution >= 0.6 is 0 Å². The Balaban J connectivity index is 1.47. The summed E-state index contributed by atoms with van der Waals surface area (Å²) in [5.74, 6) is 0.594. The summed E-state index contributed by atoms with van der Waals surface area (Å²) in [6.45, 7) is 5.70. The highest BCUT2D eigenvalue weighted by molar-refractivity contribution is 5.73. The molecule has 1 heterocycles. The van der Waals surface area contributed by atoms with Gasteiger partial charge in [0.1, 0.15) is 0 Å². The molecule has 0 saturated carbocycles. The molecule has 1 aliphatic carbocycles. The predicted molar refractivity (Wildman–Crippen MR) is 84.4 cm³/mol. The van der Waals surface area contributed by atoms with Crippen molar-refractivity contribution in [3.63, 3.8) is 0 Å². The molecule has 3 rings (SSSR count). The maximum absolute atomic E-state index is 11.5. The first-order valence-corrected chi connectivity index (χ1v) is 8.08. The van der Waals surface area contributed by atoms with E-state index in [0.29, 0.717) is 18.5 Å². The Hall–Kier alpha value is -1.55. The lowest BCUT2D eigenvalue weighted by molar-refractivity contribution is 0.232. The topological polar surface area (TPSA) is 44.4 Å². The van der Waals surface area contributed by atoms with Gasteiger partial charge in [-0.05, 0) is 49.8 Å². The molecule has 1 unspecified atom stereocenters. The maximum atomic E-state index is 11.5. The van der Waals surface area contributed by atoms with Crippen LogP contribution in [0.3, 0.4) is 0 Å². The second-order valence-corrected chi connectivity index (χ2v) is 6.22. The van der Waals surface area contributed by atoms with Gasteiger partial charge in [0, 0.05) is 25.7 Å². The highest BCUT2D eigenvalue weighted by atomic mass is 16.2. The fraction of sp³-hybridized carbons (Fsp3) is 0.588. The number of nitrogens with one attached hydrogen (secondary N) is 2. The first-order valence-electron chi connectivity index (χ1n) is 8.08. The van der Waals surface area contributed by atoms with E-state index in [2.05, 4.69) is 39.8 Å². The number of amides is 2. The van der Waals surface area contributed by atoms with E-state index >= 15 is 0 Å². The number of benzene rings is 1. The van der Waals surface area contributed by atoms with Crippen LogP contribution in [-0.4, -0.2) is 43.2 Å². The summed E-state index contributed by atoms with van der Waals surface area (Å²) in [5, 5.41) is 5.76. The smallest absolute Gasteiger partial charge is 0.314 e. The van der Waals surface area contributed by atoms with E-state index in [9.17, 15) is 4.79 Å². The Bertz CT molecular complexity index is 478. The van der Waals surface area contributed by atoms with Crippen molar-refractivity contribution in [1.29, 1.82) is 0 Å². The van der Waals surface area contributed by atoms with E-state index in [1.54, 1.807) is 0 Å². The number of carbonyl (C=O) groups is 1. The van der Waals surface area contributed by atoms with Crippen molar-refractivity contribution in [1.82, 2.24) is 15.5 Å². The normalized spacial score (nSPS) is 22.2. The third kappa shape index (κ3) is 3.38. The number of nitrogens with zero attached hydrogens (tertiary/aromatic N) is 1. The fourth-order valence-corrected chi connectivity index (χ4v) is 3.61. The Kier molecular flexibility index (Phi) is 4.44. The third-order valence-corrected chi connectivity index (χ3v) is 4.75. The molecule has 2 amide bonds. The molecule has 21 heavy (non-hydrogen) atoms. The summed E-state index contributed by atoms with van der Waals surface area (Å²) < 4.78 is 0. The van der Waals surface area contributed by atoms with Gasteiger partial charge in [0.05, 0.1) is 0 Å². The van der Waals surface area contributed by atoms with Gasteiger partial charge in [0.2, 0.25) is 0 Å². The molecule has 0 spiro atoms. The van der Waals surface area contributed by atoms with Crippen LogP contribution in [0.15, 0.2) is 24.3 Å². The molecule has 1 aliphatic heterocycles. The zero-order chi connectivity index (χ0) is 14.7. The molecular weight excluding hydrogens is 262 g/mol. The number of likely N-dealkylation sites (tertiary alicyclic amines) is 1. The molecule has 0 bridgehead atoms. The van der Waals surface area contributed by atoms with Gasteiger partial charge in [0.25, 0.3) is 0 Å². The van der Waals surface area contributed by atoms with Crippen molar-refractivity contribution in [3.8, 4) is 0 Å². The van der Waals surface area contributed by atoms with Gasteiger partial charge in [-0.3, -0.25) is 4.90 Å². The van der Waals surface area contributed by atoms with Gasteiger partial charge in [-0.1, -0.05) is 24.3 Å². The van der Waals surface area contributed by atoms with Crippen LogP contribution in [0.1, 0.15) is 24.5 Å². The van der Waals surface area contributed by atoms with E-state index in [1.165, 1.54) is 36.9 Å². The van der Waals surface area contributed by atoms with Crippen LogP contribution in [0, 0.1) is 5.92 Å². The first kappa shape index (κ1) is 14.4. The van der Waals surface area contributed by atoms with E-state index in [1.807, 2.05) is 6.92 Å². The highest BCUT2D eigenvalue weighted by Crippen LogP contribution is 2.28. The first-order chi connectivity index (χ1) is 10.3. The van der Waals surface area contributed by atoms with Crippen molar-refractivity contribution in [3.05, 3.63) is 35.4 Å². The van der Waals surface area contributed by atoms with Gasteiger partial charge in [-0.2, -0.15) is 0 Å². The average molecular weight is 287 g/mol. The van der Waals surface area contributed by atoms with Crippen molar-refractivity contribution < 1.29 is 4.79 Å². The summed E-state index contributed by atoms with van der Waals surface area (Å²) in [7, 11) is 0. The molecule has 1 saturated heterocycles. The third-order valence-electron chi connectivity index (χ3n) is 4.75. The lowest BCUT2D eigenvalue weighted by atomic mass is 10.1. The van der Waals surface area contributed by atoms with Crippen molar-refractivity contribution in [2.75, 3.05) is 26.2 Å². The molecule has 1 aromatic rings. The lowest BCUT2D eigenvalue weighted by Crippen LogP contribution is -2.39. The van der Waals surface area contributed by atoms with Crippen LogP contribution in [0.25, 0.3) is 0 Å². The molecule has 0 aromatic heterocycles. The number of hydrogen-bond acceptors (Lipinski definition) is 2. The minimum absolute atomic E-state index is 0.0378. The van der Waals surface area contributed by atoms with Crippen LogP contribution in [0.5, 0.6) is 0 Å². The van der Waals surface area contributed by atoms with Crippen LogP contribution in [0.4, 0.5) is 4.79 Å². The van der Waals surface area contributed by atoms with Gasteiger partial charge in [0.15, 0.2) is 0 Å². The van der Waals surface area contributed by atoms with E-state index in [0.717, 1.165) is 13.1 Å². The lowest BCUT2D eigenvalue weighted by Gasteiger charge is -2.23. The minimum atomic E-state index is -0.0378. The monoisotopic (exact) mass is 287 g/mol. The maximum Gasteiger partial charge on any atom is 0.314 e. The summed E-state index contributed by atoms with van der Waals surface area (Å²) in [5.41, 5.74) is 3.04. The SMILES string of the molecule is CCNC(=O)NCC1CCN(C2Cc3ccccc3C2)C1. The van der Waals surface area contributed by atoms with Crippen molar-refractivity contribution in [2.24, 2.45) is 5.92 Å². The number of carbonyl (C=O) groups excluding carboxylic acids is 1. The molecule has 1 atom stereocenters. The molecule has 114 valence electrons. The minimum Gasteiger partial charge on any atom is -0.338 e. The molecule has 0 radical (unpaired) electrons. The molecule has 2 N–H and O–H groups in total. The Morgan fingerprint density at radius 2 is 1.95 bits per heavy atom. The number of hydrogen-bond donors (Lipinski definition) is 2. The molecular formula is C17H25N3O. The Labute approximate surface area is 126 Å². The Morgan fingerprint density at radius 1 is 1.24 bits per heavy atom. The summed E-state index contributed by atoms with van der Waals surface area (Å²) in [6, 6.07) is 9.44. The molecule has 4 heteroatoms. The van der Waals surface area contributed by atoms with Crippen LogP contribution in [0.2, 0.25) is 0 Å². The molecule has 1 fully saturated rings. The number of fused-ring (bicyclic) bond motifs is 1. The molecule has 4 nitrogen and oxygen atoms in total. The van der Waals surface area contributed by atoms with Crippen molar-refractivity contribution >= 4 is 6.03 Å². The van der Waals surface area contributed by atoms with E-state index in [4.69, 9.17) is 0 Å². The second kappa shape index (κ2) is 6.48. The number of urea groups is 1. The van der Waals surface area contributed by atoms with Crippen LogP contribution in [-0.2, 0) is 12.8 Å². The van der Waals surface area contributed by atoms with E-state index < -0.39 is 0 Å². The van der Waals surface area contributed by atoms with Crippen molar-refractivity contribution in [2.45, 2.75) is 32.2 Å².